The van der Waals surface area contributed by atoms with E-state index in [1.807, 2.05) is 11.8 Å². The average Bonchev–Trinajstić information content (AvgIpc) is 1.97. The van der Waals surface area contributed by atoms with Crippen molar-refractivity contribution in [3.8, 4) is 0 Å². The van der Waals surface area contributed by atoms with Gasteiger partial charge in [0.1, 0.15) is 0 Å². The zero-order chi connectivity index (χ0) is 8.69. The molecule has 0 saturated heterocycles. The van der Waals surface area contributed by atoms with Crippen molar-refractivity contribution >= 4 is 17.7 Å². The van der Waals surface area contributed by atoms with E-state index in [0.717, 1.165) is 12.2 Å². The third-order valence-electron chi connectivity index (χ3n) is 1.38. The van der Waals surface area contributed by atoms with Crippen LogP contribution < -0.4 is 11.1 Å². The summed E-state index contributed by atoms with van der Waals surface area (Å²) in [6, 6.07) is 0.384. The highest BCUT2D eigenvalue weighted by atomic mass is 32.2. The number of thioether (sulfide) groups is 1. The van der Waals surface area contributed by atoms with Crippen LogP contribution in [0.3, 0.4) is 0 Å². The van der Waals surface area contributed by atoms with E-state index in [1.165, 1.54) is 0 Å². The number of carbonyl (C=O) groups excluding carboxylic acids is 1. The molecule has 66 valence electrons. The molecule has 1 amide bonds. The molecule has 0 aliphatic rings. The second kappa shape index (κ2) is 6.49. The first-order valence-corrected chi connectivity index (χ1v) is 5.06. The molecular formula is C7H16N2OS. The number of rotatable bonds is 6. The molecule has 0 aromatic heterocycles. The lowest BCUT2D eigenvalue weighted by atomic mass is 10.2. The summed E-state index contributed by atoms with van der Waals surface area (Å²) in [5, 5.41) is 3.03. The number of hydrogen-bond donors (Lipinski definition) is 2. The Morgan fingerprint density at radius 2 is 2.36 bits per heavy atom. The van der Waals surface area contributed by atoms with E-state index in [0.29, 0.717) is 6.04 Å². The molecule has 4 heteroatoms. The van der Waals surface area contributed by atoms with E-state index in [-0.39, 0.29) is 12.5 Å². The number of amides is 1. The Hall–Kier alpha value is -0.220. The minimum Gasteiger partial charge on any atom is -0.369 e. The summed E-state index contributed by atoms with van der Waals surface area (Å²) in [6.45, 7) is 2.34. The molecule has 0 aromatic carbocycles. The van der Waals surface area contributed by atoms with Crippen LogP contribution in [0.15, 0.2) is 0 Å². The van der Waals surface area contributed by atoms with Crippen LogP contribution in [-0.4, -0.2) is 30.5 Å². The molecule has 0 fully saturated rings. The summed E-state index contributed by atoms with van der Waals surface area (Å²) >= 11 is 1.81. The van der Waals surface area contributed by atoms with E-state index < -0.39 is 0 Å². The van der Waals surface area contributed by atoms with Crippen LogP contribution in [0, 0.1) is 0 Å². The van der Waals surface area contributed by atoms with E-state index in [9.17, 15) is 4.79 Å². The van der Waals surface area contributed by atoms with Crippen LogP contribution in [0.2, 0.25) is 0 Å². The molecule has 0 heterocycles. The molecule has 0 radical (unpaired) electrons. The van der Waals surface area contributed by atoms with Crippen molar-refractivity contribution in [3.63, 3.8) is 0 Å². The number of nitrogens with one attached hydrogen (secondary N) is 1. The molecule has 0 aromatic rings. The van der Waals surface area contributed by atoms with Crippen LogP contribution in [0.25, 0.3) is 0 Å². The number of nitrogens with two attached hydrogens (primary N) is 1. The fourth-order valence-corrected chi connectivity index (χ4v) is 1.26. The standard InChI is InChI=1S/C7H16N2OS/c1-6(3-4-11-2)9-5-7(8)10/h6,9H,3-5H2,1-2H3,(H2,8,10). The predicted molar refractivity (Wildman–Crippen MR) is 49.7 cm³/mol. The maximum atomic E-state index is 10.3. The highest BCUT2D eigenvalue weighted by molar-refractivity contribution is 7.98. The highest BCUT2D eigenvalue weighted by Gasteiger charge is 2.01. The summed E-state index contributed by atoms with van der Waals surface area (Å²) in [4.78, 5) is 10.3. The minimum atomic E-state index is -0.291. The van der Waals surface area contributed by atoms with Gasteiger partial charge in [-0.3, -0.25) is 4.79 Å². The molecule has 0 aliphatic carbocycles. The second-order valence-corrected chi connectivity index (χ2v) is 3.52. The quantitative estimate of drug-likeness (QED) is 0.608. The Kier molecular flexibility index (Phi) is 6.36. The molecule has 0 bridgehead atoms. The van der Waals surface area contributed by atoms with Gasteiger partial charge in [-0.1, -0.05) is 0 Å². The fourth-order valence-electron chi connectivity index (χ4n) is 0.672. The monoisotopic (exact) mass is 176 g/mol. The van der Waals surface area contributed by atoms with Crippen molar-refractivity contribution in [3.05, 3.63) is 0 Å². The smallest absolute Gasteiger partial charge is 0.231 e. The second-order valence-electron chi connectivity index (χ2n) is 2.53. The minimum absolute atomic E-state index is 0.287. The number of carbonyl (C=O) groups is 1. The molecule has 0 rings (SSSR count). The van der Waals surface area contributed by atoms with Crippen molar-refractivity contribution in [1.29, 1.82) is 0 Å². The highest BCUT2D eigenvalue weighted by Crippen LogP contribution is 1.98. The fraction of sp³-hybridized carbons (Fsp3) is 0.857. The zero-order valence-electron chi connectivity index (χ0n) is 7.09. The first kappa shape index (κ1) is 10.8. The Bertz CT molecular complexity index is 119. The maximum absolute atomic E-state index is 10.3. The van der Waals surface area contributed by atoms with Gasteiger partial charge >= 0.3 is 0 Å². The van der Waals surface area contributed by atoms with Crippen LogP contribution >= 0.6 is 11.8 Å². The Morgan fingerprint density at radius 3 is 2.82 bits per heavy atom. The molecule has 11 heavy (non-hydrogen) atoms. The first-order valence-electron chi connectivity index (χ1n) is 3.67. The zero-order valence-corrected chi connectivity index (χ0v) is 7.91. The lowest BCUT2D eigenvalue weighted by Gasteiger charge is -2.10. The average molecular weight is 176 g/mol. The van der Waals surface area contributed by atoms with Crippen molar-refractivity contribution in [2.24, 2.45) is 5.73 Å². The van der Waals surface area contributed by atoms with E-state index in [1.54, 1.807) is 0 Å². The van der Waals surface area contributed by atoms with Gasteiger partial charge in [0, 0.05) is 6.04 Å². The summed E-state index contributed by atoms with van der Waals surface area (Å²) < 4.78 is 0. The summed E-state index contributed by atoms with van der Waals surface area (Å²) in [6.07, 6.45) is 3.15. The van der Waals surface area contributed by atoms with Crippen molar-refractivity contribution in [2.75, 3.05) is 18.6 Å². The summed E-state index contributed by atoms with van der Waals surface area (Å²) in [5.41, 5.74) is 4.96. The van der Waals surface area contributed by atoms with E-state index in [4.69, 9.17) is 5.73 Å². The molecule has 1 unspecified atom stereocenters. The third-order valence-corrected chi connectivity index (χ3v) is 2.02. The Balaban J connectivity index is 3.22. The molecular weight excluding hydrogens is 160 g/mol. The normalized spacial score (nSPS) is 12.9. The Labute approximate surface area is 72.1 Å². The third kappa shape index (κ3) is 7.68. The van der Waals surface area contributed by atoms with Crippen LogP contribution in [0.5, 0.6) is 0 Å². The van der Waals surface area contributed by atoms with Gasteiger partial charge < -0.3 is 11.1 Å². The number of primary amides is 1. The van der Waals surface area contributed by atoms with Gasteiger partial charge in [-0.25, -0.2) is 0 Å². The van der Waals surface area contributed by atoms with Crippen LogP contribution in [0.1, 0.15) is 13.3 Å². The molecule has 0 spiro atoms. The van der Waals surface area contributed by atoms with Crippen molar-refractivity contribution < 1.29 is 4.79 Å². The SMILES string of the molecule is CSCCC(C)NCC(N)=O. The van der Waals surface area contributed by atoms with Crippen molar-refractivity contribution in [1.82, 2.24) is 5.32 Å². The number of hydrogen-bond acceptors (Lipinski definition) is 3. The van der Waals surface area contributed by atoms with Gasteiger partial charge in [0.15, 0.2) is 0 Å². The largest absolute Gasteiger partial charge is 0.369 e. The van der Waals surface area contributed by atoms with Crippen molar-refractivity contribution in [2.45, 2.75) is 19.4 Å². The summed E-state index contributed by atoms with van der Waals surface area (Å²) in [7, 11) is 0. The molecule has 1 atom stereocenters. The van der Waals surface area contributed by atoms with E-state index >= 15 is 0 Å². The Morgan fingerprint density at radius 1 is 1.73 bits per heavy atom. The molecule has 3 N–H and O–H groups in total. The van der Waals surface area contributed by atoms with Crippen LogP contribution in [0.4, 0.5) is 0 Å². The van der Waals surface area contributed by atoms with E-state index in [2.05, 4.69) is 18.5 Å². The van der Waals surface area contributed by atoms with Crippen LogP contribution in [-0.2, 0) is 4.79 Å². The van der Waals surface area contributed by atoms with Gasteiger partial charge in [-0.05, 0) is 25.4 Å². The summed E-state index contributed by atoms with van der Waals surface area (Å²) in [5.74, 6) is 0.827. The van der Waals surface area contributed by atoms with Gasteiger partial charge in [0.25, 0.3) is 0 Å². The van der Waals surface area contributed by atoms with Gasteiger partial charge in [0.05, 0.1) is 6.54 Å². The topological polar surface area (TPSA) is 55.1 Å². The molecule has 0 aliphatic heterocycles. The molecule has 3 nitrogen and oxygen atoms in total. The van der Waals surface area contributed by atoms with Gasteiger partial charge in [-0.2, -0.15) is 11.8 Å². The lowest BCUT2D eigenvalue weighted by molar-refractivity contribution is -0.117. The van der Waals surface area contributed by atoms with Gasteiger partial charge in [-0.15, -0.1) is 0 Å². The predicted octanol–water partition coefficient (Wildman–Crippen LogP) is 0.203. The lowest BCUT2D eigenvalue weighted by Crippen LogP contribution is -2.35. The molecule has 0 saturated carbocycles. The maximum Gasteiger partial charge on any atom is 0.231 e. The first-order chi connectivity index (χ1) is 5.16. The van der Waals surface area contributed by atoms with Gasteiger partial charge in [0.2, 0.25) is 5.91 Å².